The quantitative estimate of drug-likeness (QED) is 0.172. The van der Waals surface area contributed by atoms with Crippen LogP contribution in [0.25, 0.3) is 77.6 Å². The van der Waals surface area contributed by atoms with Crippen molar-refractivity contribution in [2.75, 3.05) is 4.90 Å². The molecule has 0 amide bonds. The van der Waals surface area contributed by atoms with E-state index in [1.54, 1.807) is 0 Å². The molecule has 1 spiro atoms. The summed E-state index contributed by atoms with van der Waals surface area (Å²) in [4.78, 5) is 2.37. The van der Waals surface area contributed by atoms with Crippen molar-refractivity contribution in [3.05, 3.63) is 259 Å². The van der Waals surface area contributed by atoms with Crippen LogP contribution in [0.2, 0.25) is 0 Å². The average Bonchev–Trinajstić information content (AvgIpc) is 3.85. The third-order valence-corrected chi connectivity index (χ3v) is 13.5. The lowest BCUT2D eigenvalue weighted by Gasteiger charge is -2.35. The van der Waals surface area contributed by atoms with Gasteiger partial charge >= 0.3 is 0 Å². The molecule has 0 saturated carbocycles. The zero-order chi connectivity index (χ0) is 41.5. The van der Waals surface area contributed by atoms with Crippen LogP contribution in [0.4, 0.5) is 17.1 Å². The van der Waals surface area contributed by atoms with Crippen LogP contribution < -0.4 is 4.90 Å². The Morgan fingerprint density at radius 2 is 0.746 bits per heavy atom. The lowest BCUT2D eigenvalue weighted by atomic mass is 9.66. The molecule has 63 heavy (non-hydrogen) atoms. The maximum absolute atomic E-state index is 6.41. The summed E-state index contributed by atoms with van der Waals surface area (Å²) in [6.07, 6.45) is 0. The van der Waals surface area contributed by atoms with Gasteiger partial charge in [0, 0.05) is 16.8 Å². The number of nitrogens with zero attached hydrogens (tertiary/aromatic N) is 1. The van der Waals surface area contributed by atoms with Crippen molar-refractivity contribution in [1.82, 2.24) is 0 Å². The molecule has 0 aliphatic heterocycles. The Kier molecular flexibility index (Phi) is 7.85. The number of hydrogen-bond acceptors (Lipinski definition) is 2. The number of para-hydroxylation sites is 1. The van der Waals surface area contributed by atoms with Crippen LogP contribution in [-0.4, -0.2) is 0 Å². The molecule has 2 aliphatic carbocycles. The Balaban J connectivity index is 0.964. The zero-order valence-corrected chi connectivity index (χ0v) is 34.4. The molecular formula is C61H39NO. The molecule has 0 radical (unpaired) electrons. The van der Waals surface area contributed by atoms with E-state index in [0.717, 1.165) is 39.0 Å². The molecule has 1 aromatic heterocycles. The topological polar surface area (TPSA) is 16.4 Å². The van der Waals surface area contributed by atoms with Crippen LogP contribution in [0, 0.1) is 0 Å². The number of hydrogen-bond donors (Lipinski definition) is 0. The molecule has 0 saturated heterocycles. The van der Waals surface area contributed by atoms with Gasteiger partial charge in [-0.2, -0.15) is 0 Å². The maximum atomic E-state index is 6.41. The summed E-state index contributed by atoms with van der Waals surface area (Å²) in [6.45, 7) is 0. The highest BCUT2D eigenvalue weighted by atomic mass is 16.3. The third-order valence-electron chi connectivity index (χ3n) is 13.5. The van der Waals surface area contributed by atoms with Crippen LogP contribution >= 0.6 is 0 Å². The van der Waals surface area contributed by atoms with E-state index in [1.807, 2.05) is 6.07 Å². The van der Waals surface area contributed by atoms with Gasteiger partial charge in [-0.3, -0.25) is 0 Å². The number of benzene rings is 10. The molecular weight excluding hydrogens is 763 g/mol. The van der Waals surface area contributed by atoms with Crippen LogP contribution in [0.5, 0.6) is 0 Å². The van der Waals surface area contributed by atoms with Gasteiger partial charge in [-0.05, 0) is 126 Å². The first-order valence-electron chi connectivity index (χ1n) is 21.8. The summed E-state index contributed by atoms with van der Waals surface area (Å²) < 4.78 is 6.41. The van der Waals surface area contributed by atoms with E-state index >= 15 is 0 Å². The van der Waals surface area contributed by atoms with Crippen LogP contribution in [0.1, 0.15) is 22.3 Å². The van der Waals surface area contributed by atoms with E-state index in [9.17, 15) is 0 Å². The van der Waals surface area contributed by atoms with Crippen molar-refractivity contribution in [2.24, 2.45) is 0 Å². The molecule has 2 nitrogen and oxygen atoms in total. The number of fused-ring (bicyclic) bond motifs is 15. The third kappa shape index (κ3) is 5.25. The van der Waals surface area contributed by atoms with E-state index in [-0.39, 0.29) is 0 Å². The van der Waals surface area contributed by atoms with E-state index in [1.165, 1.54) is 77.9 Å². The second-order valence-electron chi connectivity index (χ2n) is 16.7. The zero-order valence-electron chi connectivity index (χ0n) is 34.4. The van der Waals surface area contributed by atoms with Crippen LogP contribution in [-0.2, 0) is 5.41 Å². The average molecular weight is 802 g/mol. The summed E-state index contributed by atoms with van der Waals surface area (Å²) >= 11 is 0. The van der Waals surface area contributed by atoms with Crippen LogP contribution in [0.15, 0.2) is 241 Å². The number of anilines is 3. The molecule has 0 unspecified atom stereocenters. The standard InChI is InChI=1S/C61H39NO/c1-2-15-40(16-3-1)41-29-34-44(35-30-41)62(57-26-14-28-59-60(57)51-22-9-13-27-58(51)63-59)45-36-31-42(32-37-45)43-33-38-56-52(39-43)50-21-8-12-25-55(50)61(56)53-23-10-6-19-48(53)46-17-4-5-18-47(46)49-20-7-11-24-54(49)61/h1-39H. The first kappa shape index (κ1) is 35.5. The Morgan fingerprint density at radius 1 is 0.302 bits per heavy atom. The fourth-order valence-electron chi connectivity index (χ4n) is 10.8. The first-order chi connectivity index (χ1) is 31.3. The highest BCUT2D eigenvalue weighted by Crippen LogP contribution is 2.61. The van der Waals surface area contributed by atoms with Gasteiger partial charge < -0.3 is 9.32 Å². The molecule has 0 N–H and O–H groups in total. The van der Waals surface area contributed by atoms with Crippen LogP contribution in [0.3, 0.4) is 0 Å². The minimum atomic E-state index is -0.491. The van der Waals surface area contributed by atoms with Crippen molar-refractivity contribution >= 4 is 39.0 Å². The summed E-state index contributed by atoms with van der Waals surface area (Å²) in [7, 11) is 0. The van der Waals surface area contributed by atoms with Crippen molar-refractivity contribution in [3.63, 3.8) is 0 Å². The molecule has 2 heteroatoms. The fourth-order valence-corrected chi connectivity index (χ4v) is 10.8. The van der Waals surface area contributed by atoms with Gasteiger partial charge in [0.25, 0.3) is 0 Å². The Hall–Kier alpha value is -8.20. The van der Waals surface area contributed by atoms with Gasteiger partial charge in [0.1, 0.15) is 11.2 Å². The summed E-state index contributed by atoms with van der Waals surface area (Å²) in [6, 6.07) is 86.6. The largest absolute Gasteiger partial charge is 0.456 e. The van der Waals surface area contributed by atoms with Gasteiger partial charge in [0.15, 0.2) is 0 Å². The van der Waals surface area contributed by atoms with Gasteiger partial charge in [-0.15, -0.1) is 0 Å². The molecule has 294 valence electrons. The van der Waals surface area contributed by atoms with Crippen molar-refractivity contribution in [2.45, 2.75) is 5.41 Å². The van der Waals surface area contributed by atoms with Gasteiger partial charge in [-0.25, -0.2) is 0 Å². The Bertz CT molecular complexity index is 3490. The predicted molar refractivity (Wildman–Crippen MR) is 261 cm³/mol. The maximum Gasteiger partial charge on any atom is 0.137 e. The van der Waals surface area contributed by atoms with Crippen molar-refractivity contribution in [3.8, 4) is 55.6 Å². The summed E-state index contributed by atoms with van der Waals surface area (Å²) in [5, 5.41) is 2.20. The normalized spacial score (nSPS) is 12.9. The Labute approximate surface area is 366 Å². The number of furan rings is 1. The molecule has 2 aliphatic rings. The minimum absolute atomic E-state index is 0.491. The van der Waals surface area contributed by atoms with E-state index in [0.29, 0.717) is 0 Å². The highest BCUT2D eigenvalue weighted by molar-refractivity contribution is 6.13. The molecule has 13 rings (SSSR count). The number of rotatable bonds is 5. The fraction of sp³-hybridized carbons (Fsp3) is 0.0164. The molecule has 1 heterocycles. The minimum Gasteiger partial charge on any atom is -0.456 e. The monoisotopic (exact) mass is 801 g/mol. The van der Waals surface area contributed by atoms with E-state index in [4.69, 9.17) is 4.42 Å². The molecule has 0 bridgehead atoms. The van der Waals surface area contributed by atoms with Gasteiger partial charge in [0.05, 0.1) is 16.5 Å². The van der Waals surface area contributed by atoms with Crippen molar-refractivity contribution < 1.29 is 4.42 Å². The SMILES string of the molecule is c1ccc(-c2ccc(N(c3ccc(-c4ccc5c(c4)-c4ccccc4C54c5ccccc5-c5ccccc5-c5ccccc54)cc3)c3cccc4oc5ccccc5c34)cc2)cc1. The van der Waals surface area contributed by atoms with E-state index in [2.05, 4.69) is 235 Å². The molecule has 0 fully saturated rings. The second-order valence-corrected chi connectivity index (χ2v) is 16.7. The lowest BCUT2D eigenvalue weighted by molar-refractivity contribution is 0.669. The van der Waals surface area contributed by atoms with E-state index < -0.39 is 5.41 Å². The Morgan fingerprint density at radius 3 is 1.37 bits per heavy atom. The summed E-state index contributed by atoms with van der Waals surface area (Å²) in [5.41, 5.74) is 22.2. The summed E-state index contributed by atoms with van der Waals surface area (Å²) in [5.74, 6) is 0. The molecule has 0 atom stereocenters. The molecule has 11 aromatic rings. The predicted octanol–water partition coefficient (Wildman–Crippen LogP) is 16.4. The van der Waals surface area contributed by atoms with Gasteiger partial charge in [0.2, 0.25) is 0 Å². The second kappa shape index (κ2) is 13.9. The highest BCUT2D eigenvalue weighted by Gasteiger charge is 2.49. The molecule has 10 aromatic carbocycles. The first-order valence-corrected chi connectivity index (χ1v) is 21.8. The van der Waals surface area contributed by atoms with Crippen molar-refractivity contribution in [1.29, 1.82) is 0 Å². The smallest absolute Gasteiger partial charge is 0.137 e. The van der Waals surface area contributed by atoms with Gasteiger partial charge in [-0.1, -0.05) is 188 Å². The lowest BCUT2D eigenvalue weighted by Crippen LogP contribution is -2.29.